The lowest BCUT2D eigenvalue weighted by atomic mass is 10.1. The number of benzene rings is 2. The number of aromatic nitrogens is 2. The number of nitrogens with zero attached hydrogens (tertiary/aromatic N) is 2. The summed E-state index contributed by atoms with van der Waals surface area (Å²) in [6.07, 6.45) is 15.3. The number of rotatable bonds is 21. The number of carbonyl (C=O) groups excluding carboxylic acids is 1. The molecule has 0 bridgehead atoms. The first kappa shape index (κ1) is 34.0. The molecular weight excluding hydrogens is 540 g/mol. The highest BCUT2D eigenvalue weighted by Crippen LogP contribution is 2.24. The van der Waals surface area contributed by atoms with Crippen LogP contribution in [0.2, 0.25) is 0 Å². The molecule has 0 aliphatic rings. The van der Waals surface area contributed by atoms with Gasteiger partial charge in [0.1, 0.15) is 24.2 Å². The van der Waals surface area contributed by atoms with Crippen molar-refractivity contribution in [1.82, 2.24) is 9.97 Å². The van der Waals surface area contributed by atoms with Gasteiger partial charge in [0.15, 0.2) is 11.9 Å². The topological polar surface area (TPSA) is 79.8 Å². The van der Waals surface area contributed by atoms with Crippen molar-refractivity contribution in [3.8, 4) is 34.0 Å². The van der Waals surface area contributed by atoms with E-state index < -0.39 is 12.2 Å². The molecule has 0 spiro atoms. The Kier molecular flexibility index (Phi) is 15.6. The van der Waals surface area contributed by atoms with Crippen LogP contribution in [0.3, 0.4) is 0 Å². The quantitative estimate of drug-likeness (QED) is 0.0905. The molecule has 1 heterocycles. The van der Waals surface area contributed by atoms with Crippen LogP contribution < -0.4 is 9.47 Å². The largest absolute Gasteiger partial charge is 0.494 e. The van der Waals surface area contributed by atoms with E-state index in [2.05, 4.69) is 16.9 Å². The summed E-state index contributed by atoms with van der Waals surface area (Å²) in [7, 11) is 0. The zero-order valence-electron chi connectivity index (χ0n) is 26.6. The maximum absolute atomic E-state index is 12.1. The molecule has 0 fully saturated rings. The summed E-state index contributed by atoms with van der Waals surface area (Å²) >= 11 is 0. The van der Waals surface area contributed by atoms with Crippen LogP contribution in [0.5, 0.6) is 11.5 Å². The van der Waals surface area contributed by atoms with Crippen molar-refractivity contribution in [2.24, 2.45) is 0 Å². The third-order valence-electron chi connectivity index (χ3n) is 7.17. The first-order chi connectivity index (χ1) is 21.0. The van der Waals surface area contributed by atoms with E-state index in [1.165, 1.54) is 51.4 Å². The Bertz CT molecular complexity index is 1170. The number of unbranched alkanes of at least 4 members (excludes halogenated alkanes) is 8. The van der Waals surface area contributed by atoms with Crippen LogP contribution in [0, 0.1) is 0 Å². The van der Waals surface area contributed by atoms with Crippen molar-refractivity contribution in [3.63, 3.8) is 0 Å². The number of carbonyl (C=O) groups is 1. The zero-order valence-corrected chi connectivity index (χ0v) is 26.6. The smallest absolute Gasteiger partial charge is 0.335 e. The van der Waals surface area contributed by atoms with E-state index in [-0.39, 0.29) is 12.6 Å². The summed E-state index contributed by atoms with van der Waals surface area (Å²) in [5.74, 6) is 1.83. The van der Waals surface area contributed by atoms with Crippen LogP contribution in [0.25, 0.3) is 22.5 Å². The summed E-state index contributed by atoms with van der Waals surface area (Å²) in [6, 6.07) is 15.7. The van der Waals surface area contributed by atoms with Gasteiger partial charge in [0, 0.05) is 30.1 Å². The second-order valence-electron chi connectivity index (χ2n) is 11.1. The van der Waals surface area contributed by atoms with Crippen molar-refractivity contribution < 1.29 is 23.7 Å². The summed E-state index contributed by atoms with van der Waals surface area (Å²) in [5.41, 5.74) is 2.89. The van der Waals surface area contributed by atoms with Crippen molar-refractivity contribution in [1.29, 1.82) is 0 Å². The fraction of sp³-hybridized carbons (Fsp3) is 0.528. The molecule has 0 radical (unpaired) electrons. The molecule has 0 saturated heterocycles. The molecule has 2 aromatic carbocycles. The fourth-order valence-electron chi connectivity index (χ4n) is 4.58. The molecule has 0 saturated carbocycles. The summed E-state index contributed by atoms with van der Waals surface area (Å²) < 4.78 is 22.6. The minimum atomic E-state index is -0.583. The highest BCUT2D eigenvalue weighted by molar-refractivity contribution is 5.74. The molecule has 7 heteroatoms. The Labute approximate surface area is 258 Å². The molecule has 2 atom stereocenters. The Hall–Kier alpha value is -3.45. The Morgan fingerprint density at radius 1 is 0.651 bits per heavy atom. The molecule has 0 N–H and O–H groups in total. The van der Waals surface area contributed by atoms with Gasteiger partial charge in [-0.2, -0.15) is 0 Å². The summed E-state index contributed by atoms with van der Waals surface area (Å²) in [6.45, 7) is 9.30. The van der Waals surface area contributed by atoms with Crippen molar-refractivity contribution in [3.05, 3.63) is 60.9 Å². The average Bonchev–Trinajstić information content (AvgIpc) is 3.04. The molecule has 7 nitrogen and oxygen atoms in total. The van der Waals surface area contributed by atoms with Crippen LogP contribution in [0.1, 0.15) is 91.9 Å². The number of hydrogen-bond donors (Lipinski definition) is 0. The highest BCUT2D eigenvalue weighted by Gasteiger charge is 2.18. The van der Waals surface area contributed by atoms with Gasteiger partial charge in [-0.15, -0.1) is 0 Å². The SMILES string of the molecule is CCCCCCCCCCCOc1ccc(-c2cnc(-c3ccc(OCC(C)OC(=O)C(C)OCCC)cc3)nc2)cc1. The predicted octanol–water partition coefficient (Wildman–Crippen LogP) is 8.85. The van der Waals surface area contributed by atoms with E-state index in [4.69, 9.17) is 18.9 Å². The van der Waals surface area contributed by atoms with Gasteiger partial charge in [0.2, 0.25) is 0 Å². The van der Waals surface area contributed by atoms with Gasteiger partial charge in [-0.3, -0.25) is 0 Å². The van der Waals surface area contributed by atoms with E-state index >= 15 is 0 Å². The van der Waals surface area contributed by atoms with Gasteiger partial charge < -0.3 is 18.9 Å². The molecule has 1 aromatic heterocycles. The number of esters is 1. The van der Waals surface area contributed by atoms with Gasteiger partial charge >= 0.3 is 5.97 Å². The van der Waals surface area contributed by atoms with Gasteiger partial charge in [0.05, 0.1) is 6.61 Å². The molecule has 0 aliphatic heterocycles. The van der Waals surface area contributed by atoms with Gasteiger partial charge in [-0.05, 0) is 68.7 Å². The molecule has 0 amide bonds. The monoisotopic (exact) mass is 590 g/mol. The van der Waals surface area contributed by atoms with Gasteiger partial charge in [-0.1, -0.05) is 77.3 Å². The predicted molar refractivity (Wildman–Crippen MR) is 172 cm³/mol. The van der Waals surface area contributed by atoms with Crippen LogP contribution in [-0.4, -0.2) is 48.0 Å². The number of ether oxygens (including phenoxy) is 4. The lowest BCUT2D eigenvalue weighted by molar-refractivity contribution is -0.162. The Morgan fingerprint density at radius 3 is 1.81 bits per heavy atom. The third kappa shape index (κ3) is 12.8. The molecule has 0 aliphatic carbocycles. The van der Waals surface area contributed by atoms with E-state index in [9.17, 15) is 4.79 Å². The van der Waals surface area contributed by atoms with Crippen LogP contribution in [0.15, 0.2) is 60.9 Å². The molecule has 43 heavy (non-hydrogen) atoms. The minimum Gasteiger partial charge on any atom is -0.494 e. The van der Waals surface area contributed by atoms with E-state index in [1.807, 2.05) is 67.8 Å². The molecular formula is C36H50N2O5. The van der Waals surface area contributed by atoms with Gasteiger partial charge in [-0.25, -0.2) is 14.8 Å². The van der Waals surface area contributed by atoms with Crippen molar-refractivity contribution in [2.75, 3.05) is 19.8 Å². The molecule has 3 aromatic rings. The molecule has 3 rings (SSSR count). The maximum Gasteiger partial charge on any atom is 0.335 e. The summed E-state index contributed by atoms with van der Waals surface area (Å²) in [4.78, 5) is 21.2. The third-order valence-corrected chi connectivity index (χ3v) is 7.17. The van der Waals surface area contributed by atoms with Gasteiger partial charge in [0.25, 0.3) is 0 Å². The van der Waals surface area contributed by atoms with Crippen molar-refractivity contribution in [2.45, 2.75) is 104 Å². The Morgan fingerprint density at radius 2 is 1.21 bits per heavy atom. The average molecular weight is 591 g/mol. The lowest BCUT2D eigenvalue weighted by Gasteiger charge is -2.17. The standard InChI is InChI=1S/C36H50N2O5/c1-5-7-8-9-10-11-12-13-14-24-41-33-19-15-30(16-20-33)32-25-37-35(38-26-32)31-17-21-34(22-18-31)42-27-28(3)43-36(39)29(4)40-23-6-2/h15-22,25-26,28-29H,5-14,23-24,27H2,1-4H3. The molecule has 234 valence electrons. The van der Waals surface area contributed by atoms with E-state index in [1.54, 1.807) is 13.8 Å². The number of hydrogen-bond acceptors (Lipinski definition) is 7. The van der Waals surface area contributed by atoms with E-state index in [0.717, 1.165) is 41.9 Å². The normalized spacial score (nSPS) is 12.5. The van der Waals surface area contributed by atoms with Crippen LogP contribution in [-0.2, 0) is 14.3 Å². The Balaban J connectivity index is 1.38. The molecule has 2 unspecified atom stereocenters. The minimum absolute atomic E-state index is 0.250. The maximum atomic E-state index is 12.1. The fourth-order valence-corrected chi connectivity index (χ4v) is 4.58. The summed E-state index contributed by atoms with van der Waals surface area (Å²) in [5, 5.41) is 0. The first-order valence-electron chi connectivity index (χ1n) is 16.1. The first-order valence-corrected chi connectivity index (χ1v) is 16.1. The second kappa shape index (κ2) is 19.7. The lowest BCUT2D eigenvalue weighted by Crippen LogP contribution is -2.30. The van der Waals surface area contributed by atoms with Crippen LogP contribution >= 0.6 is 0 Å². The zero-order chi connectivity index (χ0) is 30.7. The van der Waals surface area contributed by atoms with Crippen LogP contribution in [0.4, 0.5) is 0 Å². The highest BCUT2D eigenvalue weighted by atomic mass is 16.6. The van der Waals surface area contributed by atoms with E-state index in [0.29, 0.717) is 18.2 Å². The second-order valence-corrected chi connectivity index (χ2v) is 11.1. The van der Waals surface area contributed by atoms with Crippen molar-refractivity contribution >= 4 is 5.97 Å².